The van der Waals surface area contributed by atoms with Gasteiger partial charge < -0.3 is 19.6 Å². The minimum atomic E-state index is -4.90. The smallest absolute Gasteiger partial charge is 0.285 e. The standard InChI is InChI=1S/C23H21F2N4O5P/c24-17-9-18(25)11-19(10-17)27-13-16-5-3-15(4-6-16)8-20-12-22(34-28-20)21-2-1-7-29(23(21)26)14-33-35(30,31)32/h1-7,9-12,26-27H,8,13-14H2,(H2,30,31,32). The van der Waals surface area contributed by atoms with Crippen molar-refractivity contribution in [2.24, 2.45) is 0 Å². The van der Waals surface area contributed by atoms with Crippen LogP contribution >= 0.6 is 7.82 Å². The quantitative estimate of drug-likeness (QED) is 0.235. The van der Waals surface area contributed by atoms with Gasteiger partial charge in [-0.15, -0.1) is 0 Å². The van der Waals surface area contributed by atoms with E-state index < -0.39 is 26.2 Å². The van der Waals surface area contributed by atoms with E-state index in [-0.39, 0.29) is 5.82 Å². The number of phosphoric ester groups is 1. The highest BCUT2D eigenvalue weighted by atomic mass is 31.2. The van der Waals surface area contributed by atoms with Crippen molar-refractivity contribution in [2.45, 2.75) is 19.7 Å². The Bertz CT molecular complexity index is 1350. The lowest BCUT2D eigenvalue weighted by Crippen LogP contribution is -2.38. The van der Waals surface area contributed by atoms with Gasteiger partial charge in [-0.2, -0.15) is 0 Å². The molecule has 2 aromatic carbocycles. The molecule has 0 saturated heterocycles. The molecule has 0 aliphatic rings. The van der Waals surface area contributed by atoms with Crippen LogP contribution in [0.4, 0.5) is 20.3 Å². The van der Waals surface area contributed by atoms with Gasteiger partial charge >= 0.3 is 0 Å². The fourth-order valence-corrected chi connectivity index (χ4v) is 3.66. The summed E-state index contributed by atoms with van der Waals surface area (Å²) in [6, 6.07) is 15.9. The van der Waals surface area contributed by atoms with Crippen molar-refractivity contribution >= 4 is 19.3 Å². The van der Waals surface area contributed by atoms with Crippen LogP contribution in [-0.2, 0) is 28.8 Å². The zero-order valence-electron chi connectivity index (χ0n) is 18.2. The highest BCUT2D eigenvalue weighted by molar-refractivity contribution is 7.44. The normalized spacial score (nSPS) is 12.9. The maximum Gasteiger partial charge on any atom is 0.285 e. The molecule has 9 nitrogen and oxygen atoms in total. The van der Waals surface area contributed by atoms with Crippen LogP contribution in [0.2, 0.25) is 0 Å². The number of anilines is 2. The predicted octanol–water partition coefficient (Wildman–Crippen LogP) is 3.13. The zero-order valence-corrected chi connectivity index (χ0v) is 19.1. The highest BCUT2D eigenvalue weighted by Gasteiger charge is 2.18. The monoisotopic (exact) mass is 502 g/mol. The van der Waals surface area contributed by atoms with Crippen LogP contribution in [0.25, 0.3) is 11.3 Å². The third-order valence-electron chi connectivity index (χ3n) is 5.07. The molecule has 1 atom stereocenters. The minimum absolute atomic E-state index is 0.165. The lowest BCUT2D eigenvalue weighted by Gasteiger charge is -2.14. The van der Waals surface area contributed by atoms with E-state index in [0.717, 1.165) is 17.2 Å². The van der Waals surface area contributed by atoms with E-state index in [2.05, 4.69) is 15.0 Å². The zero-order chi connectivity index (χ0) is 25.0. The molecular weight excluding hydrogens is 481 g/mol. The van der Waals surface area contributed by atoms with Crippen LogP contribution in [0.5, 0.6) is 0 Å². The number of rotatable bonds is 9. The van der Waals surface area contributed by atoms with Gasteiger partial charge in [-0.1, -0.05) is 29.4 Å². The number of nitrogens with one attached hydrogen (secondary N) is 1. The molecule has 0 spiro atoms. The topological polar surface area (TPSA) is 138 Å². The molecule has 182 valence electrons. The van der Waals surface area contributed by atoms with Crippen LogP contribution in [0, 0.1) is 11.6 Å². The van der Waals surface area contributed by atoms with Gasteiger partial charge in [0, 0.05) is 30.8 Å². The Labute approximate surface area is 199 Å². The second-order valence-electron chi connectivity index (χ2n) is 7.69. The molecule has 4 rings (SSSR count). The third kappa shape index (κ3) is 6.71. The van der Waals surface area contributed by atoms with Crippen LogP contribution < -0.4 is 20.5 Å². The Balaban J connectivity index is 1.40. The number of pyridine rings is 1. The number of benzene rings is 2. The molecule has 35 heavy (non-hydrogen) atoms. The van der Waals surface area contributed by atoms with E-state index in [0.29, 0.717) is 35.7 Å². The molecular formula is C23H21F2N4O5P. The van der Waals surface area contributed by atoms with Gasteiger partial charge in [0.2, 0.25) is 0 Å². The Morgan fingerprint density at radius 1 is 1.11 bits per heavy atom. The summed E-state index contributed by atoms with van der Waals surface area (Å²) in [5.41, 5.74) is 9.45. The van der Waals surface area contributed by atoms with Crippen molar-refractivity contribution < 1.29 is 36.7 Å². The number of nitrogens with zero attached hydrogens (tertiary/aromatic N) is 2. The van der Waals surface area contributed by atoms with Gasteiger partial charge in [-0.05, 0) is 35.4 Å². The molecule has 0 saturated carbocycles. The average Bonchev–Trinajstić information content (AvgIpc) is 3.25. The van der Waals surface area contributed by atoms with E-state index >= 15 is 0 Å². The summed E-state index contributed by atoms with van der Waals surface area (Å²) in [4.78, 5) is 19.6. The van der Waals surface area contributed by atoms with Crippen molar-refractivity contribution in [3.63, 3.8) is 0 Å². The summed E-state index contributed by atoms with van der Waals surface area (Å²) < 4.78 is 48.5. The van der Waals surface area contributed by atoms with Gasteiger partial charge in [0.25, 0.3) is 13.6 Å². The molecule has 1 unspecified atom stereocenters. The minimum Gasteiger partial charge on any atom is -0.756 e. The number of hydrogen-bond donors (Lipinski definition) is 3. The SMILES string of the molecule is Nc1c(-c2cc(Cc3ccc(CNc4cc(F)cc(F)c4)cc3)no2)ccc[n+]1COP(=O)([O-])O. The first-order chi connectivity index (χ1) is 16.7. The summed E-state index contributed by atoms with van der Waals surface area (Å²) in [7, 11) is -4.90. The molecule has 2 aromatic heterocycles. The Hall–Kier alpha value is -3.63. The molecule has 0 radical (unpaired) electrons. The van der Waals surface area contributed by atoms with Crippen LogP contribution in [0.15, 0.2) is 71.4 Å². The largest absolute Gasteiger partial charge is 0.756 e. The van der Waals surface area contributed by atoms with Gasteiger partial charge in [-0.3, -0.25) is 14.8 Å². The summed E-state index contributed by atoms with van der Waals surface area (Å²) >= 11 is 0. The highest BCUT2D eigenvalue weighted by Crippen LogP contribution is 2.30. The predicted molar refractivity (Wildman–Crippen MR) is 120 cm³/mol. The Kier molecular flexibility index (Phi) is 7.23. The summed E-state index contributed by atoms with van der Waals surface area (Å²) in [6.07, 6.45) is 1.97. The fraction of sp³-hybridized carbons (Fsp3) is 0.130. The van der Waals surface area contributed by atoms with E-state index in [9.17, 15) is 18.2 Å². The van der Waals surface area contributed by atoms with Crippen molar-refractivity contribution in [3.8, 4) is 11.3 Å². The Morgan fingerprint density at radius 3 is 2.49 bits per heavy atom. The number of hydrogen-bond acceptors (Lipinski definition) is 7. The molecule has 2 heterocycles. The third-order valence-corrected chi connectivity index (χ3v) is 5.51. The number of aromatic nitrogens is 2. The van der Waals surface area contributed by atoms with E-state index in [4.69, 9.17) is 15.2 Å². The molecule has 0 fully saturated rings. The number of phosphoric acid groups is 1. The summed E-state index contributed by atoms with van der Waals surface area (Å²) in [6.45, 7) is -0.0976. The number of nitrogens with two attached hydrogens (primary N) is 1. The van der Waals surface area contributed by atoms with Gasteiger partial charge in [-0.25, -0.2) is 13.3 Å². The van der Waals surface area contributed by atoms with Gasteiger partial charge in [0.05, 0.1) is 11.9 Å². The first-order valence-corrected chi connectivity index (χ1v) is 11.9. The van der Waals surface area contributed by atoms with Crippen molar-refractivity contribution in [3.05, 3.63) is 95.3 Å². The summed E-state index contributed by atoms with van der Waals surface area (Å²) in [5, 5.41) is 7.05. The molecule has 0 bridgehead atoms. The Morgan fingerprint density at radius 2 is 1.80 bits per heavy atom. The molecule has 12 heteroatoms. The maximum absolute atomic E-state index is 13.3. The average molecular weight is 502 g/mol. The lowest BCUT2D eigenvalue weighted by atomic mass is 10.1. The lowest BCUT2D eigenvalue weighted by molar-refractivity contribution is -0.712. The van der Waals surface area contributed by atoms with E-state index in [1.807, 2.05) is 24.3 Å². The van der Waals surface area contributed by atoms with Crippen LogP contribution in [0.3, 0.4) is 0 Å². The van der Waals surface area contributed by atoms with Crippen molar-refractivity contribution in [1.82, 2.24) is 5.16 Å². The fourth-order valence-electron chi connectivity index (χ4n) is 3.39. The molecule has 4 aromatic rings. The maximum atomic E-state index is 13.3. The summed E-state index contributed by atoms with van der Waals surface area (Å²) in [5.74, 6) is -0.745. The van der Waals surface area contributed by atoms with Crippen molar-refractivity contribution in [2.75, 3.05) is 11.1 Å². The first-order valence-electron chi connectivity index (χ1n) is 10.4. The molecule has 0 aliphatic carbocycles. The first kappa shape index (κ1) is 24.5. The molecule has 0 amide bonds. The second-order valence-corrected chi connectivity index (χ2v) is 8.89. The molecule has 4 N–H and O–H groups in total. The second kappa shape index (κ2) is 10.3. The molecule has 0 aliphatic heterocycles. The van der Waals surface area contributed by atoms with Crippen LogP contribution in [-0.4, -0.2) is 10.1 Å². The van der Waals surface area contributed by atoms with Gasteiger partial charge in [0.15, 0.2) is 12.5 Å². The van der Waals surface area contributed by atoms with Crippen LogP contribution in [0.1, 0.15) is 16.8 Å². The van der Waals surface area contributed by atoms with E-state index in [1.54, 1.807) is 18.2 Å². The van der Waals surface area contributed by atoms with E-state index in [1.165, 1.54) is 22.9 Å². The number of nitrogen functional groups attached to an aromatic ring is 1. The van der Waals surface area contributed by atoms with Gasteiger partial charge in [0.1, 0.15) is 17.2 Å². The van der Waals surface area contributed by atoms with Crippen molar-refractivity contribution in [1.29, 1.82) is 0 Å². The number of halogens is 2.